The third-order valence-electron chi connectivity index (χ3n) is 2.95. The van der Waals surface area contributed by atoms with Crippen molar-refractivity contribution in [3.63, 3.8) is 0 Å². The number of hydrogen-bond donors (Lipinski definition) is 3. The number of nitrogens with zero attached hydrogens (tertiary/aromatic N) is 3. The van der Waals surface area contributed by atoms with Crippen LogP contribution in [0.5, 0.6) is 0 Å². The van der Waals surface area contributed by atoms with Gasteiger partial charge < -0.3 is 10.3 Å². The van der Waals surface area contributed by atoms with Gasteiger partial charge in [0.2, 0.25) is 10.0 Å². The fourth-order valence-electron chi connectivity index (χ4n) is 1.85. The molecule has 21 heavy (non-hydrogen) atoms. The van der Waals surface area contributed by atoms with E-state index < -0.39 is 16.1 Å². The van der Waals surface area contributed by atoms with Crippen LogP contribution in [0, 0.1) is 0 Å². The predicted octanol–water partition coefficient (Wildman–Crippen LogP) is 0.255. The number of sulfonamides is 1. The van der Waals surface area contributed by atoms with Crippen molar-refractivity contribution in [2.24, 2.45) is 0 Å². The Hall–Kier alpha value is -1.71. The van der Waals surface area contributed by atoms with E-state index in [0.29, 0.717) is 12.4 Å². The molecule has 2 aromatic rings. The molecule has 116 valence electrons. The lowest BCUT2D eigenvalue weighted by Crippen LogP contribution is -2.27. The minimum absolute atomic E-state index is 0.150. The minimum Gasteiger partial charge on any atom is -0.347 e. The molecule has 9 heteroatoms. The highest BCUT2D eigenvalue weighted by Crippen LogP contribution is 2.13. The van der Waals surface area contributed by atoms with Crippen LogP contribution in [-0.4, -0.2) is 41.3 Å². The van der Waals surface area contributed by atoms with Gasteiger partial charge in [-0.1, -0.05) is 6.92 Å². The molecule has 0 aliphatic heterocycles. The number of aromatic nitrogens is 4. The van der Waals surface area contributed by atoms with Crippen molar-refractivity contribution < 1.29 is 8.42 Å². The molecule has 0 amide bonds. The zero-order valence-electron chi connectivity index (χ0n) is 12.1. The van der Waals surface area contributed by atoms with E-state index in [2.05, 4.69) is 25.1 Å². The highest BCUT2D eigenvalue weighted by molar-refractivity contribution is 7.89. The molecular weight excluding hydrogens is 292 g/mol. The van der Waals surface area contributed by atoms with Gasteiger partial charge in [0.05, 0.1) is 18.8 Å². The van der Waals surface area contributed by atoms with Gasteiger partial charge in [-0.2, -0.15) is 5.10 Å². The Morgan fingerprint density at radius 1 is 1.48 bits per heavy atom. The van der Waals surface area contributed by atoms with Crippen LogP contribution < -0.4 is 10.0 Å². The molecule has 0 aliphatic rings. The summed E-state index contributed by atoms with van der Waals surface area (Å²) in [5, 5.41) is 7.22. The molecule has 1 atom stereocenters. The molecule has 0 aromatic carbocycles. The fraction of sp³-hybridized carbons (Fsp3) is 0.500. The molecule has 1 unspecified atom stereocenters. The third-order valence-corrected chi connectivity index (χ3v) is 4.44. The summed E-state index contributed by atoms with van der Waals surface area (Å²) in [6.07, 6.45) is 6.11. The molecule has 8 nitrogen and oxygen atoms in total. The lowest BCUT2D eigenvalue weighted by atomic mass is 10.3. The highest BCUT2D eigenvalue weighted by atomic mass is 32.2. The van der Waals surface area contributed by atoms with Crippen LogP contribution in [0.1, 0.15) is 25.7 Å². The topological polar surface area (TPSA) is 105 Å². The van der Waals surface area contributed by atoms with E-state index in [0.717, 1.165) is 13.1 Å². The van der Waals surface area contributed by atoms with Gasteiger partial charge in [0.15, 0.2) is 0 Å². The maximum absolute atomic E-state index is 12.3. The van der Waals surface area contributed by atoms with E-state index >= 15 is 0 Å². The van der Waals surface area contributed by atoms with Crippen molar-refractivity contribution in [1.29, 1.82) is 0 Å². The van der Waals surface area contributed by atoms with Crippen molar-refractivity contribution in [2.75, 3.05) is 13.1 Å². The van der Waals surface area contributed by atoms with Crippen LogP contribution in [0.25, 0.3) is 0 Å². The Balaban J connectivity index is 2.02. The van der Waals surface area contributed by atoms with Crippen molar-refractivity contribution in [2.45, 2.75) is 31.3 Å². The molecule has 2 aromatic heterocycles. The van der Waals surface area contributed by atoms with Gasteiger partial charge in [0, 0.05) is 25.1 Å². The number of nitrogens with one attached hydrogen (secondary N) is 3. The molecule has 0 radical (unpaired) electrons. The van der Waals surface area contributed by atoms with Crippen LogP contribution >= 0.6 is 0 Å². The van der Waals surface area contributed by atoms with Gasteiger partial charge in [0.25, 0.3) is 0 Å². The quantitative estimate of drug-likeness (QED) is 0.606. The third kappa shape index (κ3) is 4.13. The Labute approximate surface area is 124 Å². The van der Waals surface area contributed by atoms with E-state index in [1.807, 2.05) is 6.92 Å². The van der Waals surface area contributed by atoms with Crippen LogP contribution in [0.4, 0.5) is 0 Å². The number of H-pyrrole nitrogens is 1. The Morgan fingerprint density at radius 2 is 2.29 bits per heavy atom. The maximum atomic E-state index is 12.3. The van der Waals surface area contributed by atoms with Crippen LogP contribution in [0.15, 0.2) is 29.7 Å². The van der Waals surface area contributed by atoms with Crippen LogP contribution in [-0.2, 0) is 16.6 Å². The SMILES string of the molecule is CCNCCn1cc(S(=O)(=O)NC(C)c2ncc[nH]2)cn1. The molecule has 0 bridgehead atoms. The van der Waals surface area contributed by atoms with E-state index in [1.54, 1.807) is 24.0 Å². The molecular formula is C12H20N6O2S. The highest BCUT2D eigenvalue weighted by Gasteiger charge is 2.21. The summed E-state index contributed by atoms with van der Waals surface area (Å²) >= 11 is 0. The molecule has 0 spiro atoms. The van der Waals surface area contributed by atoms with E-state index in [9.17, 15) is 8.42 Å². The summed E-state index contributed by atoms with van der Waals surface area (Å²) < 4.78 is 28.7. The maximum Gasteiger partial charge on any atom is 0.244 e. The fourth-order valence-corrected chi connectivity index (χ4v) is 3.01. The normalized spacial score (nSPS) is 13.4. The lowest BCUT2D eigenvalue weighted by molar-refractivity contribution is 0.556. The number of hydrogen-bond acceptors (Lipinski definition) is 5. The second-order valence-corrected chi connectivity index (χ2v) is 6.32. The van der Waals surface area contributed by atoms with Gasteiger partial charge in [-0.15, -0.1) is 0 Å². The van der Waals surface area contributed by atoms with E-state index in [-0.39, 0.29) is 4.90 Å². The van der Waals surface area contributed by atoms with Gasteiger partial charge in [-0.25, -0.2) is 18.1 Å². The first-order valence-corrected chi connectivity index (χ1v) is 8.26. The Kier molecular flexibility index (Phi) is 5.10. The molecule has 2 rings (SSSR count). The monoisotopic (exact) mass is 312 g/mol. The summed E-state index contributed by atoms with van der Waals surface area (Å²) in [4.78, 5) is 7.07. The lowest BCUT2D eigenvalue weighted by Gasteiger charge is -2.10. The van der Waals surface area contributed by atoms with Crippen molar-refractivity contribution >= 4 is 10.0 Å². The number of rotatable bonds is 8. The van der Waals surface area contributed by atoms with Gasteiger partial charge in [-0.05, 0) is 13.5 Å². The summed E-state index contributed by atoms with van der Waals surface area (Å²) in [5.41, 5.74) is 0. The molecule has 3 N–H and O–H groups in total. The second kappa shape index (κ2) is 6.83. The van der Waals surface area contributed by atoms with Gasteiger partial charge >= 0.3 is 0 Å². The molecule has 0 aliphatic carbocycles. The number of imidazole rings is 1. The average molecular weight is 312 g/mol. The summed E-state index contributed by atoms with van der Waals surface area (Å²) in [5.74, 6) is 0.568. The van der Waals surface area contributed by atoms with E-state index in [4.69, 9.17) is 0 Å². The van der Waals surface area contributed by atoms with Gasteiger partial charge in [-0.3, -0.25) is 4.68 Å². The molecule has 0 saturated carbocycles. The smallest absolute Gasteiger partial charge is 0.244 e. The zero-order valence-corrected chi connectivity index (χ0v) is 12.9. The number of likely N-dealkylation sites (N-methyl/N-ethyl adjacent to an activating group) is 1. The zero-order chi connectivity index (χ0) is 15.3. The Morgan fingerprint density at radius 3 is 2.95 bits per heavy atom. The Bertz CT molecular complexity index is 649. The predicted molar refractivity (Wildman–Crippen MR) is 78.1 cm³/mol. The van der Waals surface area contributed by atoms with Gasteiger partial charge in [0.1, 0.15) is 10.7 Å². The summed E-state index contributed by atoms with van der Waals surface area (Å²) in [6, 6.07) is -0.435. The second-order valence-electron chi connectivity index (χ2n) is 4.61. The summed E-state index contributed by atoms with van der Waals surface area (Å²) in [7, 11) is -3.61. The minimum atomic E-state index is -3.61. The van der Waals surface area contributed by atoms with Crippen molar-refractivity contribution in [3.8, 4) is 0 Å². The summed E-state index contributed by atoms with van der Waals surface area (Å²) in [6.45, 7) is 5.98. The largest absolute Gasteiger partial charge is 0.347 e. The standard InChI is InChI=1S/C12H20N6O2S/c1-3-13-6-7-18-9-11(8-16-18)21(19,20)17-10(2)12-14-4-5-15-12/h4-5,8-10,13,17H,3,6-7H2,1-2H3,(H,14,15). The first-order chi connectivity index (χ1) is 10.0. The van der Waals surface area contributed by atoms with E-state index in [1.165, 1.54) is 12.4 Å². The molecule has 0 saturated heterocycles. The van der Waals surface area contributed by atoms with Crippen LogP contribution in [0.3, 0.4) is 0 Å². The van der Waals surface area contributed by atoms with Crippen molar-refractivity contribution in [1.82, 2.24) is 29.8 Å². The first kappa shape index (κ1) is 15.7. The van der Waals surface area contributed by atoms with Crippen molar-refractivity contribution in [3.05, 3.63) is 30.6 Å². The molecule has 2 heterocycles. The number of aromatic amines is 1. The van der Waals surface area contributed by atoms with Crippen LogP contribution in [0.2, 0.25) is 0 Å². The first-order valence-electron chi connectivity index (χ1n) is 6.77. The average Bonchev–Trinajstić information content (AvgIpc) is 3.10. The molecule has 0 fully saturated rings.